The van der Waals surface area contributed by atoms with E-state index in [1.54, 1.807) is 11.3 Å². The van der Waals surface area contributed by atoms with Crippen molar-refractivity contribution in [2.45, 2.75) is 18.8 Å². The third kappa shape index (κ3) is 3.25. The van der Waals surface area contributed by atoms with Gasteiger partial charge in [-0.15, -0.1) is 11.3 Å². The van der Waals surface area contributed by atoms with Gasteiger partial charge in [-0.05, 0) is 43.1 Å². The van der Waals surface area contributed by atoms with Gasteiger partial charge in [0.1, 0.15) is 11.6 Å². The molecule has 1 nitrogen and oxygen atoms in total. The van der Waals surface area contributed by atoms with Gasteiger partial charge < -0.3 is 0 Å². The average Bonchev–Trinajstić information content (AvgIpc) is 3.18. The van der Waals surface area contributed by atoms with Crippen molar-refractivity contribution >= 4 is 34.4 Å². The van der Waals surface area contributed by atoms with E-state index in [1.165, 1.54) is 17.7 Å². The Kier molecular flexibility index (Phi) is 3.94. The molecule has 0 N–H and O–H groups in total. The second-order valence-corrected chi connectivity index (χ2v) is 6.01. The van der Waals surface area contributed by atoms with Gasteiger partial charge in [0.25, 0.3) is 0 Å². The van der Waals surface area contributed by atoms with Gasteiger partial charge in [-0.1, -0.05) is 11.8 Å². The average molecular weight is 317 g/mol. The van der Waals surface area contributed by atoms with E-state index in [0.29, 0.717) is 5.92 Å². The molecule has 1 aliphatic rings. The predicted molar refractivity (Wildman–Crippen MR) is 83.3 cm³/mol. The lowest BCUT2D eigenvalue weighted by atomic mass is 10.2. The second-order valence-electron chi connectivity index (χ2n) is 4.71. The maximum atomic E-state index is 13.8. The van der Waals surface area contributed by atoms with Gasteiger partial charge in [-0.25, -0.2) is 8.78 Å². The van der Waals surface area contributed by atoms with Crippen LogP contribution in [0.15, 0.2) is 29.3 Å². The minimum absolute atomic E-state index is 0.0951. The molecule has 0 radical (unpaired) electrons. The summed E-state index contributed by atoms with van der Waals surface area (Å²) in [5, 5.41) is 2.08. The van der Waals surface area contributed by atoms with Gasteiger partial charge in [-0.2, -0.15) is 4.99 Å². The number of thiophene rings is 1. The van der Waals surface area contributed by atoms with Crippen molar-refractivity contribution in [3.8, 4) is 11.8 Å². The molecule has 1 saturated carbocycles. The molecule has 0 unspecified atom stereocenters. The van der Waals surface area contributed by atoms with Gasteiger partial charge in [-0.3, -0.25) is 0 Å². The topological polar surface area (TPSA) is 12.4 Å². The number of aliphatic imine (C=N–C) groups is 1. The zero-order valence-electron chi connectivity index (χ0n) is 10.8. The third-order valence-electron chi connectivity index (χ3n) is 3.12. The Morgan fingerprint density at radius 3 is 2.48 bits per heavy atom. The highest BCUT2D eigenvalue weighted by Crippen LogP contribution is 2.43. The lowest BCUT2D eigenvalue weighted by Crippen LogP contribution is -1.89. The van der Waals surface area contributed by atoms with Crippen LogP contribution < -0.4 is 0 Å². The molecular weight excluding hydrogens is 308 g/mol. The first kappa shape index (κ1) is 14.1. The SMILES string of the molecule is Fc1cc(N=C=S)cc(F)c1C#Cc1ccc(C2CC2)s1. The van der Waals surface area contributed by atoms with Gasteiger partial charge >= 0.3 is 0 Å². The Morgan fingerprint density at radius 2 is 1.86 bits per heavy atom. The number of thiocarbonyl (C=S) groups is 1. The lowest BCUT2D eigenvalue weighted by Gasteiger charge is -1.98. The number of isothiocyanates is 1. The first-order valence-electron chi connectivity index (χ1n) is 6.36. The molecule has 1 heterocycles. The standard InChI is InChI=1S/C16H9F2NS2/c17-14-7-11(19-9-20)8-15(18)13(14)5-3-12-4-6-16(21-12)10-1-2-10/h4,6-8,10H,1-2H2. The van der Waals surface area contributed by atoms with Crippen LogP contribution in [-0.4, -0.2) is 5.16 Å². The highest BCUT2D eigenvalue weighted by atomic mass is 32.1. The molecule has 0 amide bonds. The molecule has 5 heteroatoms. The Balaban J connectivity index is 1.90. The molecule has 1 fully saturated rings. The van der Waals surface area contributed by atoms with Crippen LogP contribution in [0, 0.1) is 23.5 Å². The molecule has 104 valence electrons. The van der Waals surface area contributed by atoms with E-state index in [2.05, 4.69) is 34.2 Å². The van der Waals surface area contributed by atoms with E-state index >= 15 is 0 Å². The monoisotopic (exact) mass is 317 g/mol. The highest BCUT2D eigenvalue weighted by molar-refractivity contribution is 7.78. The van der Waals surface area contributed by atoms with E-state index in [-0.39, 0.29) is 11.3 Å². The van der Waals surface area contributed by atoms with Crippen LogP contribution in [0.2, 0.25) is 0 Å². The fourth-order valence-electron chi connectivity index (χ4n) is 1.93. The molecule has 0 bridgehead atoms. The molecule has 0 spiro atoms. The fraction of sp³-hybridized carbons (Fsp3) is 0.188. The molecule has 1 aromatic heterocycles. The highest BCUT2D eigenvalue weighted by Gasteiger charge is 2.24. The van der Waals surface area contributed by atoms with E-state index in [9.17, 15) is 8.78 Å². The summed E-state index contributed by atoms with van der Waals surface area (Å²) in [7, 11) is 0. The van der Waals surface area contributed by atoms with Crippen LogP contribution in [0.3, 0.4) is 0 Å². The first-order valence-corrected chi connectivity index (χ1v) is 7.58. The summed E-state index contributed by atoms with van der Waals surface area (Å²) in [6.07, 6.45) is 2.44. The number of hydrogen-bond donors (Lipinski definition) is 0. The van der Waals surface area contributed by atoms with E-state index < -0.39 is 11.6 Å². The van der Waals surface area contributed by atoms with Crippen molar-refractivity contribution in [1.82, 2.24) is 0 Å². The summed E-state index contributed by atoms with van der Waals surface area (Å²) in [6, 6.07) is 6.12. The third-order valence-corrected chi connectivity index (χ3v) is 4.37. The van der Waals surface area contributed by atoms with Gasteiger partial charge in [0, 0.05) is 17.0 Å². The second kappa shape index (κ2) is 5.87. The Bertz CT molecular complexity index is 780. The molecule has 21 heavy (non-hydrogen) atoms. The molecule has 0 atom stereocenters. The van der Waals surface area contributed by atoms with Crippen LogP contribution in [0.25, 0.3) is 0 Å². The van der Waals surface area contributed by atoms with Gasteiger partial charge in [0.05, 0.1) is 21.3 Å². The largest absolute Gasteiger partial charge is 0.205 e. The number of nitrogens with zero attached hydrogens (tertiary/aromatic N) is 1. The summed E-state index contributed by atoms with van der Waals surface area (Å²) in [5.41, 5.74) is -0.155. The van der Waals surface area contributed by atoms with Gasteiger partial charge in [0.15, 0.2) is 0 Å². The summed E-state index contributed by atoms with van der Waals surface area (Å²) in [5.74, 6) is 4.55. The van der Waals surface area contributed by atoms with Crippen LogP contribution in [0.4, 0.5) is 14.5 Å². The minimum atomic E-state index is -0.745. The van der Waals surface area contributed by atoms with Crippen molar-refractivity contribution in [1.29, 1.82) is 0 Å². The van der Waals surface area contributed by atoms with Crippen LogP contribution in [-0.2, 0) is 0 Å². The molecule has 1 aromatic carbocycles. The first-order chi connectivity index (χ1) is 10.2. The maximum Gasteiger partial charge on any atom is 0.143 e. The van der Waals surface area contributed by atoms with Crippen LogP contribution in [0.1, 0.15) is 34.1 Å². The van der Waals surface area contributed by atoms with E-state index in [4.69, 9.17) is 0 Å². The Labute approximate surface area is 130 Å². The molecule has 3 rings (SSSR count). The molecule has 0 aliphatic heterocycles. The Hall–Kier alpha value is -1.86. The number of rotatable bonds is 2. The number of benzene rings is 1. The Morgan fingerprint density at radius 1 is 1.14 bits per heavy atom. The maximum absolute atomic E-state index is 13.8. The fourth-order valence-corrected chi connectivity index (χ4v) is 3.06. The quantitative estimate of drug-likeness (QED) is 0.429. The van der Waals surface area contributed by atoms with E-state index in [1.807, 2.05) is 12.1 Å². The zero-order valence-corrected chi connectivity index (χ0v) is 12.5. The number of hydrogen-bond acceptors (Lipinski definition) is 3. The van der Waals surface area contributed by atoms with Gasteiger partial charge in [0.2, 0.25) is 0 Å². The summed E-state index contributed by atoms with van der Waals surface area (Å²) in [6.45, 7) is 0. The predicted octanol–water partition coefficient (Wildman–Crippen LogP) is 5.04. The molecule has 1 aliphatic carbocycles. The smallest absolute Gasteiger partial charge is 0.143 e. The van der Waals surface area contributed by atoms with Crippen molar-refractivity contribution in [2.24, 2.45) is 4.99 Å². The van der Waals surface area contributed by atoms with E-state index in [0.717, 1.165) is 17.0 Å². The lowest BCUT2D eigenvalue weighted by molar-refractivity contribution is 0.578. The van der Waals surface area contributed by atoms with Crippen molar-refractivity contribution in [2.75, 3.05) is 0 Å². The van der Waals surface area contributed by atoms with Crippen LogP contribution in [0.5, 0.6) is 0 Å². The zero-order chi connectivity index (χ0) is 14.8. The summed E-state index contributed by atoms with van der Waals surface area (Å²) < 4.78 is 27.6. The molecule has 2 aromatic rings. The molecule has 0 saturated heterocycles. The minimum Gasteiger partial charge on any atom is -0.205 e. The summed E-state index contributed by atoms with van der Waals surface area (Å²) >= 11 is 5.99. The summed E-state index contributed by atoms with van der Waals surface area (Å²) in [4.78, 5) is 5.67. The van der Waals surface area contributed by atoms with Crippen LogP contribution >= 0.6 is 23.6 Å². The number of halogens is 2. The van der Waals surface area contributed by atoms with Crippen molar-refractivity contribution in [3.05, 3.63) is 51.2 Å². The molecular formula is C16H9F2NS2. The normalized spacial score (nSPS) is 13.2. The van der Waals surface area contributed by atoms with Crippen molar-refractivity contribution in [3.63, 3.8) is 0 Å². The van der Waals surface area contributed by atoms with Crippen molar-refractivity contribution < 1.29 is 8.78 Å².